The Kier molecular flexibility index (Phi) is 6.52. The van der Waals surface area contributed by atoms with Gasteiger partial charge in [0, 0.05) is 25.2 Å². The highest BCUT2D eigenvalue weighted by molar-refractivity contribution is 6.31. The van der Waals surface area contributed by atoms with Crippen LogP contribution in [0.4, 0.5) is 4.79 Å². The second-order valence-corrected chi connectivity index (χ2v) is 9.91. The van der Waals surface area contributed by atoms with Crippen molar-refractivity contribution < 1.29 is 14.4 Å². The molecule has 3 aliphatic heterocycles. The van der Waals surface area contributed by atoms with E-state index in [1.54, 1.807) is 18.0 Å². The van der Waals surface area contributed by atoms with Crippen LogP contribution in [0, 0.1) is 5.92 Å². The Morgan fingerprint density at radius 2 is 1.71 bits per heavy atom. The van der Waals surface area contributed by atoms with Gasteiger partial charge in [0.1, 0.15) is 6.54 Å². The van der Waals surface area contributed by atoms with Gasteiger partial charge in [0.05, 0.1) is 23.9 Å². The number of carbonyl (C=O) groups is 3. The lowest BCUT2D eigenvalue weighted by molar-refractivity contribution is -0.138. The molecule has 5 rings (SSSR count). The maximum absolute atomic E-state index is 13.4. The molecule has 0 saturated carbocycles. The van der Waals surface area contributed by atoms with Gasteiger partial charge in [-0.15, -0.1) is 0 Å². The summed E-state index contributed by atoms with van der Waals surface area (Å²) in [6, 6.07) is 16.7. The van der Waals surface area contributed by atoms with E-state index in [1.807, 2.05) is 29.2 Å². The van der Waals surface area contributed by atoms with Crippen molar-refractivity contribution in [3.05, 3.63) is 82.0 Å². The largest absolute Gasteiger partial charge is 0.341 e. The first-order valence-electron chi connectivity index (χ1n) is 12.0. The van der Waals surface area contributed by atoms with Crippen LogP contribution in [0.2, 0.25) is 5.02 Å². The molecule has 4 amide bonds. The Labute approximate surface area is 210 Å². The lowest BCUT2D eigenvalue weighted by Crippen LogP contribution is -2.45. The molecule has 1 fully saturated rings. The van der Waals surface area contributed by atoms with Crippen LogP contribution >= 0.6 is 11.6 Å². The van der Waals surface area contributed by atoms with Crippen molar-refractivity contribution in [3.8, 4) is 0 Å². The number of nitrogens with one attached hydrogen (secondary N) is 1. The number of nitrogens with zero attached hydrogens (tertiary/aromatic N) is 3. The normalized spacial score (nSPS) is 20.9. The van der Waals surface area contributed by atoms with Gasteiger partial charge >= 0.3 is 6.03 Å². The number of piperidine rings is 1. The summed E-state index contributed by atoms with van der Waals surface area (Å²) in [5, 5.41) is 3.37. The van der Waals surface area contributed by atoms with Gasteiger partial charge in [0.25, 0.3) is 5.91 Å². The van der Waals surface area contributed by atoms with Crippen molar-refractivity contribution in [2.24, 2.45) is 5.92 Å². The SMILES string of the molecule is CN1C(=O)N[C@H](c2ccccc2Cl)C2=C1CN(CC(=O)N1CCC(Cc3ccccc3)CC1)C2=O. The zero-order valence-electron chi connectivity index (χ0n) is 19.7. The van der Waals surface area contributed by atoms with Gasteiger partial charge in [-0.1, -0.05) is 60.1 Å². The molecule has 3 heterocycles. The molecule has 8 heteroatoms. The van der Waals surface area contributed by atoms with Gasteiger partial charge in [-0.25, -0.2) is 4.79 Å². The fourth-order valence-corrected chi connectivity index (χ4v) is 5.54. The number of likely N-dealkylation sites (tertiary alicyclic amines) is 1. The molecule has 2 aromatic rings. The molecule has 182 valence electrons. The Morgan fingerprint density at radius 1 is 1.03 bits per heavy atom. The summed E-state index contributed by atoms with van der Waals surface area (Å²) >= 11 is 6.39. The van der Waals surface area contributed by atoms with Gasteiger partial charge in [-0.3, -0.25) is 14.5 Å². The number of likely N-dealkylation sites (N-methyl/N-ethyl adjacent to an activating group) is 1. The average Bonchev–Trinajstić information content (AvgIpc) is 3.19. The van der Waals surface area contributed by atoms with Crippen molar-refractivity contribution in [2.45, 2.75) is 25.3 Å². The van der Waals surface area contributed by atoms with Gasteiger partial charge in [-0.2, -0.15) is 0 Å². The monoisotopic (exact) mass is 492 g/mol. The Balaban J connectivity index is 1.24. The molecule has 1 saturated heterocycles. The minimum Gasteiger partial charge on any atom is -0.341 e. The fourth-order valence-electron chi connectivity index (χ4n) is 5.29. The molecule has 0 aromatic heterocycles. The molecule has 2 aromatic carbocycles. The molecular formula is C27H29ClN4O3. The third-order valence-electron chi connectivity index (χ3n) is 7.31. The summed E-state index contributed by atoms with van der Waals surface area (Å²) in [6.07, 6.45) is 2.94. The van der Waals surface area contributed by atoms with E-state index >= 15 is 0 Å². The maximum atomic E-state index is 13.4. The smallest absolute Gasteiger partial charge is 0.322 e. The first kappa shape index (κ1) is 23.4. The van der Waals surface area contributed by atoms with Crippen molar-refractivity contribution in [3.63, 3.8) is 0 Å². The third kappa shape index (κ3) is 4.65. The van der Waals surface area contributed by atoms with Gasteiger partial charge < -0.3 is 15.1 Å². The second-order valence-electron chi connectivity index (χ2n) is 9.50. The molecule has 0 unspecified atom stereocenters. The topological polar surface area (TPSA) is 73.0 Å². The number of hydrogen-bond donors (Lipinski definition) is 1. The highest BCUT2D eigenvalue weighted by Gasteiger charge is 2.44. The molecule has 0 bridgehead atoms. The van der Waals surface area contributed by atoms with E-state index in [0.717, 1.165) is 19.3 Å². The number of benzene rings is 2. The predicted molar refractivity (Wildman–Crippen MR) is 134 cm³/mol. The van der Waals surface area contributed by atoms with E-state index < -0.39 is 6.04 Å². The molecule has 1 N–H and O–H groups in total. The van der Waals surface area contributed by atoms with Crippen molar-refractivity contribution >= 4 is 29.4 Å². The molecular weight excluding hydrogens is 464 g/mol. The number of carbonyl (C=O) groups excluding carboxylic acids is 3. The summed E-state index contributed by atoms with van der Waals surface area (Å²) < 4.78 is 0. The zero-order valence-corrected chi connectivity index (χ0v) is 20.5. The standard InChI is InChI=1S/C27H29ClN4O3/c1-30-22-16-32(26(34)24(22)25(29-27(30)35)20-9-5-6-10-21(20)28)17-23(33)31-13-11-19(12-14-31)15-18-7-3-2-4-8-18/h2-10,19,25H,11-17H2,1H3,(H,29,35)/t25-/m1/s1. The fraction of sp³-hybridized carbons (Fsp3) is 0.370. The van der Waals surface area contributed by atoms with E-state index in [0.29, 0.717) is 40.9 Å². The van der Waals surface area contributed by atoms with Crippen LogP contribution in [-0.4, -0.2) is 65.8 Å². The number of amides is 4. The minimum atomic E-state index is -0.635. The lowest BCUT2D eigenvalue weighted by Gasteiger charge is -2.33. The molecule has 7 nitrogen and oxygen atoms in total. The predicted octanol–water partition coefficient (Wildman–Crippen LogP) is 3.61. The van der Waals surface area contributed by atoms with Crippen LogP contribution < -0.4 is 5.32 Å². The number of halogens is 1. The van der Waals surface area contributed by atoms with Crippen LogP contribution in [0.25, 0.3) is 0 Å². The Hall–Kier alpha value is -3.32. The van der Waals surface area contributed by atoms with E-state index in [9.17, 15) is 14.4 Å². The molecule has 0 aliphatic carbocycles. The summed E-state index contributed by atoms with van der Waals surface area (Å²) in [6.45, 7) is 1.64. The van der Waals surface area contributed by atoms with Gasteiger partial charge in [0.15, 0.2) is 0 Å². The summed E-state index contributed by atoms with van der Waals surface area (Å²) in [4.78, 5) is 44.0. The lowest BCUT2D eigenvalue weighted by atomic mass is 9.90. The van der Waals surface area contributed by atoms with Crippen molar-refractivity contribution in [1.82, 2.24) is 20.0 Å². The summed E-state index contributed by atoms with van der Waals surface area (Å²) in [7, 11) is 1.64. The first-order valence-corrected chi connectivity index (χ1v) is 12.4. The van der Waals surface area contributed by atoms with Crippen molar-refractivity contribution in [1.29, 1.82) is 0 Å². The number of urea groups is 1. The van der Waals surface area contributed by atoms with E-state index in [-0.39, 0.29) is 30.9 Å². The summed E-state index contributed by atoms with van der Waals surface area (Å²) in [5.74, 6) is 0.280. The first-order chi connectivity index (χ1) is 16.9. The average molecular weight is 493 g/mol. The van der Waals surface area contributed by atoms with Crippen LogP contribution in [0.3, 0.4) is 0 Å². The van der Waals surface area contributed by atoms with E-state index in [1.165, 1.54) is 10.5 Å². The Morgan fingerprint density at radius 3 is 2.43 bits per heavy atom. The molecule has 1 atom stereocenters. The molecule has 3 aliphatic rings. The molecule has 0 spiro atoms. The van der Waals surface area contributed by atoms with Crippen LogP contribution in [0.1, 0.15) is 30.0 Å². The van der Waals surface area contributed by atoms with Gasteiger partial charge in [0.2, 0.25) is 5.91 Å². The highest BCUT2D eigenvalue weighted by atomic mass is 35.5. The second kappa shape index (κ2) is 9.74. The van der Waals surface area contributed by atoms with Crippen LogP contribution in [0.15, 0.2) is 65.9 Å². The van der Waals surface area contributed by atoms with Gasteiger partial charge in [-0.05, 0) is 42.4 Å². The van der Waals surface area contributed by atoms with Crippen LogP contribution in [0.5, 0.6) is 0 Å². The third-order valence-corrected chi connectivity index (χ3v) is 7.66. The Bertz CT molecular complexity index is 1170. The molecule has 35 heavy (non-hydrogen) atoms. The molecule has 0 radical (unpaired) electrons. The minimum absolute atomic E-state index is 0.00641. The van der Waals surface area contributed by atoms with E-state index in [4.69, 9.17) is 11.6 Å². The van der Waals surface area contributed by atoms with Crippen LogP contribution in [-0.2, 0) is 16.0 Å². The quantitative estimate of drug-likeness (QED) is 0.693. The number of rotatable bonds is 5. The highest BCUT2D eigenvalue weighted by Crippen LogP contribution is 2.38. The zero-order chi connectivity index (χ0) is 24.5. The van der Waals surface area contributed by atoms with E-state index in [2.05, 4.69) is 29.6 Å². The maximum Gasteiger partial charge on any atom is 0.322 e. The van der Waals surface area contributed by atoms with Crippen molar-refractivity contribution in [2.75, 3.05) is 33.2 Å². The summed E-state index contributed by atoms with van der Waals surface area (Å²) in [5.41, 5.74) is 3.11. The number of hydrogen-bond acceptors (Lipinski definition) is 3.